The molecule has 0 fully saturated rings. The lowest BCUT2D eigenvalue weighted by Crippen LogP contribution is -2.27. The monoisotopic (exact) mass is 405 g/mol. The summed E-state index contributed by atoms with van der Waals surface area (Å²) in [5.74, 6) is -0.758. The van der Waals surface area contributed by atoms with Crippen molar-refractivity contribution in [1.29, 1.82) is 0 Å². The van der Waals surface area contributed by atoms with E-state index in [9.17, 15) is 14.1 Å². The Hall–Kier alpha value is -1.85. The molecule has 1 aromatic rings. The van der Waals surface area contributed by atoms with Gasteiger partial charge in [-0.05, 0) is 27.7 Å². The molecular formula is C15H23N3O6S2. The maximum Gasteiger partial charge on any atom is 0.362 e. The van der Waals surface area contributed by atoms with Crippen molar-refractivity contribution in [2.75, 3.05) is 30.5 Å². The number of ether oxygens (including phenoxy) is 2. The van der Waals surface area contributed by atoms with Gasteiger partial charge in [-0.3, -0.25) is 0 Å². The molecule has 0 aliphatic carbocycles. The minimum atomic E-state index is -1.06. The van der Waals surface area contributed by atoms with Crippen LogP contribution in [-0.2, 0) is 35.1 Å². The van der Waals surface area contributed by atoms with Crippen molar-refractivity contribution in [2.45, 2.75) is 33.3 Å². The Morgan fingerprint density at radius 2 is 2.12 bits per heavy atom. The standard InChI is InChI=1S/C15H23N3O6S2/c1-5-26(21)7-6-22-13(20)12(10-9-25-14(16)17-10)18-23-8-11(19)24-15(2,3)4/h9H,5-8H2,1-4H3,(H2,16,17)/b18-12-. The van der Waals surface area contributed by atoms with Crippen LogP contribution in [0.4, 0.5) is 5.13 Å². The fourth-order valence-electron chi connectivity index (χ4n) is 1.55. The number of esters is 2. The first-order valence-corrected chi connectivity index (χ1v) is 10.1. The molecule has 1 heterocycles. The summed E-state index contributed by atoms with van der Waals surface area (Å²) in [6.45, 7) is 6.41. The lowest BCUT2D eigenvalue weighted by Gasteiger charge is -2.18. The summed E-state index contributed by atoms with van der Waals surface area (Å²) in [5.41, 5.74) is 4.84. The number of nitrogens with zero attached hydrogens (tertiary/aromatic N) is 2. The number of hydrogen-bond donors (Lipinski definition) is 1. The number of hydrogen-bond acceptors (Lipinski definition) is 10. The van der Waals surface area contributed by atoms with Gasteiger partial charge in [-0.2, -0.15) is 0 Å². The zero-order valence-electron chi connectivity index (χ0n) is 15.1. The highest BCUT2D eigenvalue weighted by Crippen LogP contribution is 2.13. The summed E-state index contributed by atoms with van der Waals surface area (Å²) < 4.78 is 21.5. The summed E-state index contributed by atoms with van der Waals surface area (Å²) in [6, 6.07) is 0. The highest BCUT2D eigenvalue weighted by molar-refractivity contribution is 7.91. The van der Waals surface area contributed by atoms with Gasteiger partial charge in [-0.15, -0.1) is 11.3 Å². The highest BCUT2D eigenvalue weighted by Gasteiger charge is 2.22. The minimum absolute atomic E-state index is 0.0377. The Labute approximate surface area is 159 Å². The summed E-state index contributed by atoms with van der Waals surface area (Å²) >= 11 is 0.0509. The SMILES string of the molecule is CC[S+]([O-])CCOC(=O)/C(=N\OCC(=O)OC(C)(C)C)c1csc(N)n1. The fourth-order valence-corrected chi connectivity index (χ4v) is 2.65. The molecular weight excluding hydrogens is 382 g/mol. The van der Waals surface area contributed by atoms with E-state index in [0.717, 1.165) is 11.3 Å². The number of thiazole rings is 1. The summed E-state index contributed by atoms with van der Waals surface area (Å²) in [7, 11) is 0. The van der Waals surface area contributed by atoms with Gasteiger partial charge in [0.05, 0.1) is 0 Å². The van der Waals surface area contributed by atoms with Gasteiger partial charge in [-0.1, -0.05) is 16.3 Å². The van der Waals surface area contributed by atoms with Crippen LogP contribution >= 0.6 is 11.3 Å². The molecule has 2 N–H and O–H groups in total. The van der Waals surface area contributed by atoms with Gasteiger partial charge < -0.3 is 24.6 Å². The van der Waals surface area contributed by atoms with Crippen molar-refractivity contribution in [3.63, 3.8) is 0 Å². The number of aromatic nitrogens is 1. The second kappa shape index (κ2) is 10.3. The summed E-state index contributed by atoms with van der Waals surface area (Å²) in [5, 5.41) is 5.40. The maximum absolute atomic E-state index is 12.2. The molecule has 0 saturated carbocycles. The van der Waals surface area contributed by atoms with Gasteiger partial charge in [-0.25, -0.2) is 14.6 Å². The molecule has 146 valence electrons. The topological polar surface area (TPSA) is 136 Å². The molecule has 0 aromatic carbocycles. The first-order valence-electron chi connectivity index (χ1n) is 7.77. The van der Waals surface area contributed by atoms with Crippen molar-refractivity contribution in [3.8, 4) is 0 Å². The second-order valence-corrected chi connectivity index (χ2v) is 8.69. The van der Waals surface area contributed by atoms with E-state index in [0.29, 0.717) is 5.75 Å². The normalized spacial score (nSPS) is 13.2. The highest BCUT2D eigenvalue weighted by atomic mass is 32.2. The predicted octanol–water partition coefficient (Wildman–Crippen LogP) is 1.10. The summed E-state index contributed by atoms with van der Waals surface area (Å²) in [6.07, 6.45) is 0. The van der Waals surface area contributed by atoms with E-state index in [1.165, 1.54) is 5.38 Å². The lowest BCUT2D eigenvalue weighted by molar-refractivity contribution is -0.160. The van der Waals surface area contributed by atoms with Crippen LogP contribution in [0.3, 0.4) is 0 Å². The molecule has 1 unspecified atom stereocenters. The number of carbonyl (C=O) groups excluding carboxylic acids is 2. The average Bonchev–Trinajstić information content (AvgIpc) is 2.95. The molecule has 0 bridgehead atoms. The van der Waals surface area contributed by atoms with E-state index >= 15 is 0 Å². The fraction of sp³-hybridized carbons (Fsp3) is 0.600. The molecule has 26 heavy (non-hydrogen) atoms. The van der Waals surface area contributed by atoms with Gasteiger partial charge in [0.15, 0.2) is 5.13 Å². The van der Waals surface area contributed by atoms with Crippen molar-refractivity contribution in [2.24, 2.45) is 5.16 Å². The van der Waals surface area contributed by atoms with Crippen LogP contribution in [0.2, 0.25) is 0 Å². The number of nitrogens with two attached hydrogens (primary N) is 1. The zero-order chi connectivity index (χ0) is 19.7. The third-order valence-electron chi connectivity index (χ3n) is 2.58. The first kappa shape index (κ1) is 22.2. The zero-order valence-corrected chi connectivity index (χ0v) is 16.8. The number of nitrogen functional groups attached to an aromatic ring is 1. The molecule has 0 amide bonds. The van der Waals surface area contributed by atoms with Crippen LogP contribution in [0, 0.1) is 0 Å². The van der Waals surface area contributed by atoms with Crippen LogP contribution in [0.15, 0.2) is 10.5 Å². The van der Waals surface area contributed by atoms with Gasteiger partial charge in [0.2, 0.25) is 12.3 Å². The van der Waals surface area contributed by atoms with Crippen molar-refractivity contribution < 1.29 is 28.5 Å². The van der Waals surface area contributed by atoms with E-state index in [4.69, 9.17) is 20.0 Å². The van der Waals surface area contributed by atoms with Gasteiger partial charge in [0.25, 0.3) is 0 Å². The van der Waals surface area contributed by atoms with Crippen LogP contribution < -0.4 is 5.73 Å². The number of oxime groups is 1. The second-order valence-electron chi connectivity index (χ2n) is 5.94. The van der Waals surface area contributed by atoms with Gasteiger partial charge >= 0.3 is 11.9 Å². The molecule has 1 rings (SSSR count). The van der Waals surface area contributed by atoms with E-state index in [1.807, 2.05) is 0 Å². The van der Waals surface area contributed by atoms with Crippen molar-refractivity contribution in [1.82, 2.24) is 4.98 Å². The Morgan fingerprint density at radius 1 is 1.42 bits per heavy atom. The van der Waals surface area contributed by atoms with Gasteiger partial charge in [0.1, 0.15) is 29.4 Å². The molecule has 0 saturated heterocycles. The minimum Gasteiger partial charge on any atom is -0.616 e. The summed E-state index contributed by atoms with van der Waals surface area (Å²) in [4.78, 5) is 32.7. The molecule has 0 spiro atoms. The number of rotatable bonds is 9. The Kier molecular flexibility index (Phi) is 8.82. The number of carbonyl (C=O) groups is 2. The smallest absolute Gasteiger partial charge is 0.362 e. The largest absolute Gasteiger partial charge is 0.616 e. The quantitative estimate of drug-likeness (QED) is 0.279. The Bertz CT molecular complexity index is 642. The Morgan fingerprint density at radius 3 is 2.65 bits per heavy atom. The van der Waals surface area contributed by atoms with E-state index in [2.05, 4.69) is 10.1 Å². The maximum atomic E-state index is 12.2. The molecule has 0 aliphatic heterocycles. The Balaban J connectivity index is 2.73. The van der Waals surface area contributed by atoms with Crippen LogP contribution in [-0.4, -0.2) is 57.5 Å². The molecule has 1 aromatic heterocycles. The first-order chi connectivity index (χ1) is 12.1. The van der Waals surface area contributed by atoms with Crippen molar-refractivity contribution in [3.05, 3.63) is 11.1 Å². The molecule has 1 atom stereocenters. The van der Waals surface area contributed by atoms with E-state index < -0.39 is 35.3 Å². The molecule has 9 nitrogen and oxygen atoms in total. The van der Waals surface area contributed by atoms with Crippen LogP contribution in [0.25, 0.3) is 0 Å². The van der Waals surface area contributed by atoms with Crippen molar-refractivity contribution >= 4 is 45.3 Å². The van der Waals surface area contributed by atoms with E-state index in [1.54, 1.807) is 27.7 Å². The van der Waals surface area contributed by atoms with Gasteiger partial charge in [0, 0.05) is 5.38 Å². The molecule has 0 aliphatic rings. The van der Waals surface area contributed by atoms with Crippen LogP contribution in [0.1, 0.15) is 33.4 Å². The average molecular weight is 405 g/mol. The third-order valence-corrected chi connectivity index (χ3v) is 4.52. The van der Waals surface area contributed by atoms with E-state index in [-0.39, 0.29) is 28.9 Å². The third kappa shape index (κ3) is 8.50. The number of anilines is 1. The predicted molar refractivity (Wildman–Crippen MR) is 99.4 cm³/mol. The molecule has 11 heteroatoms. The molecule has 0 radical (unpaired) electrons. The van der Waals surface area contributed by atoms with Crippen LogP contribution in [0.5, 0.6) is 0 Å². The lowest BCUT2D eigenvalue weighted by atomic mass is 10.2.